The van der Waals surface area contributed by atoms with Crippen molar-refractivity contribution < 1.29 is 38.8 Å². The van der Waals surface area contributed by atoms with Gasteiger partial charge in [0.15, 0.2) is 0 Å². The van der Waals surface area contributed by atoms with Crippen LogP contribution in [0.25, 0.3) is 0 Å². The molecule has 1 fully saturated rings. The van der Waals surface area contributed by atoms with Crippen molar-refractivity contribution in [1.29, 1.82) is 0 Å². The summed E-state index contributed by atoms with van der Waals surface area (Å²) in [6.07, 6.45) is 11.3. The fourth-order valence-corrected chi connectivity index (χ4v) is 7.83. The van der Waals surface area contributed by atoms with Gasteiger partial charge in [0.2, 0.25) is 5.79 Å². The van der Waals surface area contributed by atoms with Crippen LogP contribution in [0.5, 0.6) is 11.5 Å². The lowest BCUT2D eigenvalue weighted by molar-refractivity contribution is -0.255. The fourth-order valence-electron chi connectivity index (χ4n) is 7.83. The number of amides is 1. The van der Waals surface area contributed by atoms with Gasteiger partial charge in [-0.2, -0.15) is 0 Å². The normalized spacial score (nSPS) is 26.7. The Morgan fingerprint density at radius 2 is 1.85 bits per heavy atom. The number of allylic oxidation sites excluding steroid dienone is 1. The Labute approximate surface area is 280 Å². The van der Waals surface area contributed by atoms with E-state index in [-0.39, 0.29) is 50.1 Å². The van der Waals surface area contributed by atoms with E-state index in [4.69, 9.17) is 23.8 Å². The van der Waals surface area contributed by atoms with Gasteiger partial charge in [0, 0.05) is 37.7 Å². The highest BCUT2D eigenvalue weighted by atomic mass is 16.7. The molecule has 0 saturated heterocycles. The Balaban J connectivity index is 2.02. The van der Waals surface area contributed by atoms with Crippen LogP contribution in [0.4, 0.5) is 4.79 Å². The third-order valence-electron chi connectivity index (χ3n) is 9.56. The molecule has 47 heavy (non-hydrogen) atoms. The van der Waals surface area contributed by atoms with Crippen LogP contribution in [0.2, 0.25) is 0 Å². The summed E-state index contributed by atoms with van der Waals surface area (Å²) in [7, 11) is 1.54. The maximum absolute atomic E-state index is 13.7. The Morgan fingerprint density at radius 1 is 1.11 bits per heavy atom. The molecule has 260 valence electrons. The molecule has 1 amide bonds. The van der Waals surface area contributed by atoms with Crippen LogP contribution in [0.15, 0.2) is 60.3 Å². The van der Waals surface area contributed by atoms with Crippen LogP contribution in [0, 0.1) is 17.8 Å². The van der Waals surface area contributed by atoms with Crippen LogP contribution in [-0.4, -0.2) is 85.4 Å². The second kappa shape index (κ2) is 17.7. The highest BCUT2D eigenvalue weighted by molar-refractivity contribution is 6.02. The first-order valence-corrected chi connectivity index (χ1v) is 17.2. The van der Waals surface area contributed by atoms with Crippen molar-refractivity contribution >= 4 is 11.8 Å². The van der Waals surface area contributed by atoms with Gasteiger partial charge in [0.05, 0.1) is 24.8 Å². The number of nitrogens with zero attached hydrogens (tertiary/aromatic N) is 2. The summed E-state index contributed by atoms with van der Waals surface area (Å²) in [6, 6.07) is 5.32. The van der Waals surface area contributed by atoms with Gasteiger partial charge in [-0.1, -0.05) is 49.7 Å². The number of aliphatic hydroxyl groups excluding tert-OH is 2. The summed E-state index contributed by atoms with van der Waals surface area (Å²) in [5.41, 5.74) is 2.76. The average molecular weight is 655 g/mol. The van der Waals surface area contributed by atoms with Crippen molar-refractivity contribution in [2.45, 2.75) is 83.0 Å². The number of unbranched alkanes of at least 4 members (excludes halogenated alkanes) is 2. The largest absolute Gasteiger partial charge is 0.490 e. The molecule has 4 rings (SSSR count). The molecule has 1 saturated carbocycles. The van der Waals surface area contributed by atoms with Crippen LogP contribution in [0.1, 0.15) is 76.7 Å². The van der Waals surface area contributed by atoms with E-state index < -0.39 is 17.9 Å². The Morgan fingerprint density at radius 3 is 2.51 bits per heavy atom. The number of hydrogen-bond donors (Lipinski definition) is 2. The third kappa shape index (κ3) is 7.87. The molecule has 1 aromatic carbocycles. The molecule has 6 unspecified atom stereocenters. The molecular weight excluding hydrogens is 600 g/mol. The topological polar surface area (TPSA) is 119 Å². The van der Waals surface area contributed by atoms with Crippen LogP contribution in [0.3, 0.4) is 0 Å². The molecule has 2 aliphatic carbocycles. The summed E-state index contributed by atoms with van der Waals surface area (Å²) >= 11 is 0. The van der Waals surface area contributed by atoms with E-state index in [1.54, 1.807) is 31.1 Å². The first kappa shape index (κ1) is 36.5. The number of aliphatic hydroxyl groups is 2. The molecule has 0 aromatic heterocycles. The van der Waals surface area contributed by atoms with Crippen LogP contribution < -0.4 is 9.47 Å². The predicted octanol–water partition coefficient (Wildman–Crippen LogP) is 6.38. The SMILES string of the molecule is C=CCOc1ccc2c(c1)C1C(CCCCO)C(CCCCO)C=C3C(=NOC)CC(N(CCC)C(=O)OCC)C(OCC=C)(O2)C31. The van der Waals surface area contributed by atoms with Crippen LogP contribution >= 0.6 is 0 Å². The van der Waals surface area contributed by atoms with Gasteiger partial charge in [-0.05, 0) is 74.6 Å². The predicted molar refractivity (Wildman–Crippen MR) is 182 cm³/mol. The van der Waals surface area contributed by atoms with Crippen molar-refractivity contribution in [3.05, 3.63) is 60.7 Å². The lowest BCUT2D eigenvalue weighted by atomic mass is 9.55. The monoisotopic (exact) mass is 654 g/mol. The number of rotatable bonds is 19. The maximum atomic E-state index is 13.7. The Hall–Kier alpha value is -3.34. The molecule has 2 N–H and O–H groups in total. The summed E-state index contributed by atoms with van der Waals surface area (Å²) < 4.78 is 25.6. The zero-order valence-electron chi connectivity index (χ0n) is 28.4. The van der Waals surface area contributed by atoms with Gasteiger partial charge >= 0.3 is 6.09 Å². The third-order valence-corrected chi connectivity index (χ3v) is 9.56. The first-order valence-electron chi connectivity index (χ1n) is 17.2. The minimum Gasteiger partial charge on any atom is -0.490 e. The molecule has 6 atom stereocenters. The molecule has 3 aliphatic rings. The van der Waals surface area contributed by atoms with Gasteiger partial charge in [-0.3, -0.25) is 4.90 Å². The van der Waals surface area contributed by atoms with E-state index in [0.29, 0.717) is 43.9 Å². The minimum absolute atomic E-state index is 0.107. The van der Waals surface area contributed by atoms with Gasteiger partial charge in [-0.25, -0.2) is 4.79 Å². The van der Waals surface area contributed by atoms with Gasteiger partial charge in [-0.15, -0.1) is 6.58 Å². The summed E-state index contributed by atoms with van der Waals surface area (Å²) in [5.74, 6) is -0.0625. The molecule has 1 aromatic rings. The van der Waals surface area contributed by atoms with Crippen molar-refractivity contribution in [2.24, 2.45) is 22.9 Å². The van der Waals surface area contributed by atoms with E-state index >= 15 is 0 Å². The number of ether oxygens (including phenoxy) is 4. The number of fused-ring (bicyclic) bond motifs is 2. The standard InChI is InChI=1S/C37H54N2O8/c1-6-18-39(36(42)44-9-4)33-25-31(38-43-5)29-23-26(14-10-12-19-40)28(15-11-13-20-41)34-30-24-27(45-21-7-2)16-17-32(30)47-37(33,35(29)34)46-22-8-3/h7-8,16-17,23-24,26,28,33-35,40-41H,2-3,6,9-15,18-22,25H2,1,4-5H3. The quantitative estimate of drug-likeness (QED) is 0.100. The lowest BCUT2D eigenvalue weighted by Crippen LogP contribution is -2.70. The van der Waals surface area contributed by atoms with E-state index in [0.717, 1.165) is 49.0 Å². The van der Waals surface area contributed by atoms with E-state index in [9.17, 15) is 15.0 Å². The van der Waals surface area contributed by atoms with Crippen molar-refractivity contribution in [1.82, 2.24) is 4.90 Å². The molecule has 10 nitrogen and oxygen atoms in total. The highest BCUT2D eigenvalue weighted by Gasteiger charge is 2.65. The minimum atomic E-state index is -1.29. The highest BCUT2D eigenvalue weighted by Crippen LogP contribution is 2.61. The Kier molecular flexibility index (Phi) is 13.8. The van der Waals surface area contributed by atoms with E-state index in [1.807, 2.05) is 19.1 Å². The lowest BCUT2D eigenvalue weighted by Gasteiger charge is -2.59. The average Bonchev–Trinajstić information content (AvgIpc) is 3.07. The van der Waals surface area contributed by atoms with E-state index in [1.165, 1.54) is 0 Å². The molecule has 1 heterocycles. The second-order valence-electron chi connectivity index (χ2n) is 12.4. The Bertz CT molecular complexity index is 1260. The number of hydrogen-bond acceptors (Lipinski definition) is 9. The van der Waals surface area contributed by atoms with Gasteiger partial charge < -0.3 is 34.0 Å². The van der Waals surface area contributed by atoms with Crippen molar-refractivity contribution in [2.75, 3.05) is 46.7 Å². The molecule has 10 heteroatoms. The number of carbonyl (C=O) groups excluding carboxylic acids is 1. The maximum Gasteiger partial charge on any atom is 0.410 e. The van der Waals surface area contributed by atoms with Crippen LogP contribution in [-0.2, 0) is 14.3 Å². The smallest absolute Gasteiger partial charge is 0.410 e. The fraction of sp³-hybridized carbons (Fsp3) is 0.622. The van der Waals surface area contributed by atoms with Crippen molar-refractivity contribution in [3.8, 4) is 11.5 Å². The second-order valence-corrected chi connectivity index (χ2v) is 12.4. The number of benzene rings is 1. The summed E-state index contributed by atoms with van der Waals surface area (Å²) in [4.78, 5) is 20.9. The number of oxime groups is 1. The zero-order valence-corrected chi connectivity index (χ0v) is 28.4. The molecular formula is C37H54N2O8. The molecule has 1 aliphatic heterocycles. The first-order chi connectivity index (χ1) is 22.9. The molecule has 0 spiro atoms. The summed E-state index contributed by atoms with van der Waals surface area (Å²) in [5, 5.41) is 24.0. The molecule has 0 radical (unpaired) electrons. The van der Waals surface area contributed by atoms with E-state index in [2.05, 4.69) is 30.5 Å². The summed E-state index contributed by atoms with van der Waals surface area (Å²) in [6.45, 7) is 13.1. The number of carbonyl (C=O) groups is 1. The zero-order chi connectivity index (χ0) is 33.8. The van der Waals surface area contributed by atoms with Gasteiger partial charge in [0.25, 0.3) is 0 Å². The van der Waals surface area contributed by atoms with Crippen molar-refractivity contribution in [3.63, 3.8) is 0 Å². The van der Waals surface area contributed by atoms with Gasteiger partial charge in [0.1, 0.15) is 31.3 Å². The molecule has 0 bridgehead atoms.